The highest BCUT2D eigenvalue weighted by Crippen LogP contribution is 2.58. The summed E-state index contributed by atoms with van der Waals surface area (Å²) in [6.45, 7) is 2.33. The van der Waals surface area contributed by atoms with Crippen molar-refractivity contribution in [3.8, 4) is 5.75 Å². The molecule has 3 aliphatic heterocycles. The van der Waals surface area contributed by atoms with Gasteiger partial charge in [0.1, 0.15) is 23.9 Å². The van der Waals surface area contributed by atoms with E-state index in [4.69, 9.17) is 10.5 Å². The highest BCUT2D eigenvalue weighted by atomic mass is 127. The predicted molar refractivity (Wildman–Crippen MR) is 136 cm³/mol. The molecule has 3 heterocycles. The Morgan fingerprint density at radius 3 is 2.27 bits per heavy atom. The van der Waals surface area contributed by atoms with E-state index in [1.807, 2.05) is 6.07 Å². The molecular formula is C27H32IN2O3+. The fourth-order valence-corrected chi connectivity index (χ4v) is 8.11. The number of halogens is 1. The third kappa shape index (κ3) is 3.27. The Morgan fingerprint density at radius 1 is 0.970 bits per heavy atom. The third-order valence-electron chi connectivity index (χ3n) is 9.19. The Bertz CT molecular complexity index is 1120. The van der Waals surface area contributed by atoms with Crippen LogP contribution < -0.4 is 10.5 Å². The molecule has 2 amide bonds. The Hall–Kier alpha value is -1.67. The van der Waals surface area contributed by atoms with Gasteiger partial charge < -0.3 is 10.5 Å². The number of benzene rings is 2. The number of piperidine rings is 2. The summed E-state index contributed by atoms with van der Waals surface area (Å²) in [4.78, 5) is 25.6. The van der Waals surface area contributed by atoms with E-state index in [1.54, 1.807) is 0 Å². The molecule has 2 unspecified atom stereocenters. The van der Waals surface area contributed by atoms with Crippen molar-refractivity contribution in [2.75, 3.05) is 0 Å². The molecule has 1 saturated carbocycles. The molecule has 174 valence electrons. The minimum Gasteiger partial charge on any atom is -0.489 e. The number of rotatable bonds is 4. The van der Waals surface area contributed by atoms with Crippen LogP contribution in [0.1, 0.15) is 68.6 Å². The number of ether oxygens (including phenoxy) is 1. The molecule has 4 fully saturated rings. The van der Waals surface area contributed by atoms with Crippen LogP contribution in [0.15, 0.2) is 30.3 Å². The summed E-state index contributed by atoms with van der Waals surface area (Å²) in [6, 6.07) is 11.3. The van der Waals surface area contributed by atoms with Gasteiger partial charge in [-0.05, 0) is 83.2 Å². The predicted octanol–water partition coefficient (Wildman–Crippen LogP) is 5.17. The fraction of sp³-hybridized carbons (Fsp3) is 0.556. The zero-order chi connectivity index (χ0) is 22.9. The molecular weight excluding hydrogens is 527 g/mol. The number of hydrogen-bond acceptors (Lipinski definition) is 3. The highest BCUT2D eigenvalue weighted by molar-refractivity contribution is 14.1. The topological polar surface area (TPSA) is 69.4 Å². The number of nitrogens with two attached hydrogens (primary N) is 1. The van der Waals surface area contributed by atoms with E-state index < -0.39 is 0 Å². The van der Waals surface area contributed by atoms with E-state index >= 15 is 0 Å². The van der Waals surface area contributed by atoms with E-state index in [-0.39, 0.29) is 29.8 Å². The molecule has 0 bridgehead atoms. The molecule has 1 aliphatic carbocycles. The molecule has 0 radical (unpaired) electrons. The van der Waals surface area contributed by atoms with E-state index in [0.29, 0.717) is 16.6 Å². The van der Waals surface area contributed by atoms with Gasteiger partial charge in [-0.2, -0.15) is 0 Å². The molecule has 5 nitrogen and oxygen atoms in total. The van der Waals surface area contributed by atoms with Crippen molar-refractivity contribution in [3.63, 3.8) is 0 Å². The number of amides is 2. The molecule has 4 aliphatic rings. The van der Waals surface area contributed by atoms with E-state index in [1.165, 1.54) is 12.8 Å². The molecule has 6 rings (SSSR count). The van der Waals surface area contributed by atoms with Gasteiger partial charge in [-0.15, -0.1) is 0 Å². The zero-order valence-electron chi connectivity index (χ0n) is 19.1. The molecule has 2 aromatic rings. The van der Waals surface area contributed by atoms with Crippen molar-refractivity contribution in [2.24, 2.45) is 17.6 Å². The summed E-state index contributed by atoms with van der Waals surface area (Å²) in [5, 5.41) is 2.23. The molecule has 2 N–H and O–H groups in total. The second kappa shape index (κ2) is 7.94. The van der Waals surface area contributed by atoms with E-state index in [9.17, 15) is 9.59 Å². The molecule has 33 heavy (non-hydrogen) atoms. The number of primary amides is 1. The van der Waals surface area contributed by atoms with Crippen LogP contribution in [0.4, 0.5) is 0 Å². The lowest BCUT2D eigenvalue weighted by atomic mass is 9.62. The minimum absolute atomic E-state index is 0.0655. The summed E-state index contributed by atoms with van der Waals surface area (Å²) in [7, 11) is 0. The second-order valence-corrected chi connectivity index (χ2v) is 12.0. The number of carbonyl (C=O) groups is 2. The molecule has 3 saturated heterocycles. The lowest BCUT2D eigenvalue weighted by molar-refractivity contribution is -1.01. The molecule has 0 spiro atoms. The summed E-state index contributed by atoms with van der Waals surface area (Å²) in [5.74, 6) is 1.74. The molecule has 2 atom stereocenters. The smallest absolute Gasteiger partial charge is 0.346 e. The van der Waals surface area contributed by atoms with Crippen LogP contribution in [0, 0.1) is 15.4 Å². The molecule has 2 aromatic carbocycles. The monoisotopic (exact) mass is 559 g/mol. The van der Waals surface area contributed by atoms with Crippen LogP contribution in [-0.2, 0) is 4.79 Å². The largest absolute Gasteiger partial charge is 0.489 e. The average molecular weight is 559 g/mol. The van der Waals surface area contributed by atoms with Gasteiger partial charge >= 0.3 is 5.91 Å². The lowest BCUT2D eigenvalue weighted by Gasteiger charge is -2.70. The Morgan fingerprint density at radius 2 is 1.64 bits per heavy atom. The molecule has 0 aromatic heterocycles. The van der Waals surface area contributed by atoms with Crippen molar-refractivity contribution < 1.29 is 18.8 Å². The number of carbonyl (C=O) groups excluding carboxylic acids is 2. The summed E-state index contributed by atoms with van der Waals surface area (Å²) in [5.41, 5.74) is 6.42. The summed E-state index contributed by atoms with van der Waals surface area (Å²) >= 11 is 2.39. The van der Waals surface area contributed by atoms with Crippen molar-refractivity contribution in [1.29, 1.82) is 0 Å². The Kier molecular flexibility index (Phi) is 5.25. The normalized spacial score (nSPS) is 36.9. The van der Waals surface area contributed by atoms with Crippen molar-refractivity contribution in [1.82, 2.24) is 0 Å². The first-order chi connectivity index (χ1) is 15.9. The van der Waals surface area contributed by atoms with Crippen LogP contribution in [0.2, 0.25) is 0 Å². The average Bonchev–Trinajstić information content (AvgIpc) is 2.77. The van der Waals surface area contributed by atoms with Crippen molar-refractivity contribution >= 4 is 45.2 Å². The van der Waals surface area contributed by atoms with Crippen LogP contribution in [0.5, 0.6) is 5.75 Å². The number of quaternary nitrogens is 1. The van der Waals surface area contributed by atoms with E-state index in [2.05, 4.69) is 53.8 Å². The number of fused-ring (bicyclic) bond motifs is 1. The van der Waals surface area contributed by atoms with E-state index in [0.717, 1.165) is 70.1 Å². The van der Waals surface area contributed by atoms with Gasteiger partial charge in [0.15, 0.2) is 0 Å². The van der Waals surface area contributed by atoms with Gasteiger partial charge in [0, 0.05) is 18.8 Å². The van der Waals surface area contributed by atoms with Gasteiger partial charge in [0.25, 0.3) is 0 Å². The lowest BCUT2D eigenvalue weighted by Crippen LogP contribution is -2.87. The third-order valence-corrected chi connectivity index (χ3v) is 10.3. The van der Waals surface area contributed by atoms with Gasteiger partial charge in [0.05, 0.1) is 28.1 Å². The van der Waals surface area contributed by atoms with Gasteiger partial charge in [-0.3, -0.25) is 4.79 Å². The number of nitrogens with zero attached hydrogens (tertiary/aromatic N) is 1. The maximum atomic E-state index is 13.8. The van der Waals surface area contributed by atoms with Gasteiger partial charge in [0.2, 0.25) is 5.91 Å². The van der Waals surface area contributed by atoms with Crippen molar-refractivity contribution in [2.45, 2.75) is 82.5 Å². The van der Waals surface area contributed by atoms with Crippen LogP contribution in [0.3, 0.4) is 0 Å². The second-order valence-electron chi connectivity index (χ2n) is 11.0. The van der Waals surface area contributed by atoms with Crippen LogP contribution in [-0.4, -0.2) is 40.5 Å². The van der Waals surface area contributed by atoms with Crippen LogP contribution in [0.25, 0.3) is 10.8 Å². The highest BCUT2D eigenvalue weighted by Gasteiger charge is 2.74. The van der Waals surface area contributed by atoms with Gasteiger partial charge in [-0.1, -0.05) is 19.1 Å². The maximum absolute atomic E-state index is 13.8. The van der Waals surface area contributed by atoms with Crippen molar-refractivity contribution in [3.05, 3.63) is 39.5 Å². The first-order valence-electron chi connectivity index (χ1n) is 12.5. The first-order valence-corrected chi connectivity index (χ1v) is 13.6. The van der Waals surface area contributed by atoms with Crippen LogP contribution >= 0.6 is 22.6 Å². The summed E-state index contributed by atoms with van der Waals surface area (Å²) < 4.78 is 8.09. The standard InChI is InChI=1S/C27H31IN2O3/c1-15-2-6-22(7-3-15)33-24-9-5-16-10-17(4-8-23(16)25(24)28)27(32)30-19-11-18(26(29)31)12-20(30)14-21(30)13-19/h4-5,8-10,15,18-22H,2-3,6-7,11-14H2,1H3,(H-,29,31)/p+1. The zero-order valence-corrected chi connectivity index (χ0v) is 21.3. The Labute approximate surface area is 208 Å². The number of hydrogen-bond donors (Lipinski definition) is 1. The minimum atomic E-state index is -0.198. The molecule has 6 heteroatoms. The van der Waals surface area contributed by atoms with Gasteiger partial charge in [-0.25, -0.2) is 9.28 Å². The summed E-state index contributed by atoms with van der Waals surface area (Å²) in [6.07, 6.45) is 8.68. The first kappa shape index (κ1) is 21.8. The Balaban J connectivity index is 1.25. The fourth-order valence-electron chi connectivity index (χ4n) is 7.31. The SMILES string of the molecule is CC1CCC(Oc2ccc3cc(C(=O)[N+]45C6CC(C(N)=O)CC4CC5C6)ccc3c2I)CC1. The quantitative estimate of drug-likeness (QED) is 0.416. The maximum Gasteiger partial charge on any atom is 0.346 e.